The number of rotatable bonds is 8. The summed E-state index contributed by atoms with van der Waals surface area (Å²) in [5, 5.41) is 23.4. The number of hydrogen-bond acceptors (Lipinski definition) is 5. The van der Waals surface area contributed by atoms with Crippen molar-refractivity contribution in [2.24, 2.45) is 5.92 Å². The first-order chi connectivity index (χ1) is 14.7. The average Bonchev–Trinajstić information content (AvgIpc) is 3.08. The lowest BCUT2D eigenvalue weighted by atomic mass is 9.98. The van der Waals surface area contributed by atoms with Crippen LogP contribution in [0.4, 0.5) is 4.79 Å². The Morgan fingerprint density at radius 3 is 2.13 bits per heavy atom. The Morgan fingerprint density at radius 1 is 1.03 bits per heavy atom. The van der Waals surface area contributed by atoms with Crippen molar-refractivity contribution < 1.29 is 29.3 Å². The molecule has 0 fully saturated rings. The highest BCUT2D eigenvalue weighted by atomic mass is 16.5. The maximum absolute atomic E-state index is 12.2. The molecule has 0 saturated heterocycles. The molecule has 2 atom stereocenters. The van der Waals surface area contributed by atoms with E-state index in [0.717, 1.165) is 29.2 Å². The summed E-state index contributed by atoms with van der Waals surface area (Å²) >= 11 is 0. The lowest BCUT2D eigenvalue weighted by molar-refractivity contribution is -0.156. The van der Waals surface area contributed by atoms with Crippen LogP contribution in [0.2, 0.25) is 0 Å². The number of hydrogen-bond donors (Lipinski definition) is 4. The zero-order valence-electron chi connectivity index (χ0n) is 17.4. The lowest BCUT2D eigenvalue weighted by Gasteiger charge is -2.20. The molecule has 2 aromatic rings. The summed E-state index contributed by atoms with van der Waals surface area (Å²) in [6.07, 6.45) is -0.640. The van der Waals surface area contributed by atoms with Crippen LogP contribution in [-0.2, 0) is 14.3 Å². The van der Waals surface area contributed by atoms with E-state index in [2.05, 4.69) is 22.8 Å². The summed E-state index contributed by atoms with van der Waals surface area (Å²) in [5.41, 5.74) is 2.42. The molecule has 0 heterocycles. The van der Waals surface area contributed by atoms with Gasteiger partial charge in [0.15, 0.2) is 5.60 Å². The predicted molar refractivity (Wildman–Crippen MR) is 114 cm³/mol. The number of ether oxygens (including phenoxy) is 1. The first-order valence-corrected chi connectivity index (χ1v) is 10.0. The number of alkyl carbamates (subject to hydrolysis) is 1. The predicted octanol–water partition coefficient (Wildman–Crippen LogP) is 2.11. The number of fused-ring (bicyclic) bond motifs is 3. The third-order valence-corrected chi connectivity index (χ3v) is 5.41. The molecule has 0 spiro atoms. The van der Waals surface area contributed by atoms with Gasteiger partial charge in [-0.05, 0) is 29.2 Å². The van der Waals surface area contributed by atoms with Gasteiger partial charge in [0.1, 0.15) is 6.61 Å². The molecule has 8 heteroatoms. The summed E-state index contributed by atoms with van der Waals surface area (Å²) in [6.45, 7) is 2.42. The van der Waals surface area contributed by atoms with Gasteiger partial charge in [0, 0.05) is 12.5 Å². The summed E-state index contributed by atoms with van der Waals surface area (Å²) in [4.78, 5) is 35.1. The molecule has 2 unspecified atom stereocenters. The van der Waals surface area contributed by atoms with Crippen LogP contribution in [0, 0.1) is 5.92 Å². The Bertz CT molecular complexity index is 942. The van der Waals surface area contributed by atoms with E-state index < -0.39 is 36.0 Å². The maximum Gasteiger partial charge on any atom is 0.407 e. The number of nitrogens with one attached hydrogen (secondary N) is 2. The molecule has 0 bridgehead atoms. The molecule has 0 radical (unpaired) electrons. The quantitative estimate of drug-likeness (QED) is 0.512. The largest absolute Gasteiger partial charge is 0.479 e. The van der Waals surface area contributed by atoms with E-state index in [1.807, 2.05) is 36.4 Å². The normalized spacial score (nSPS) is 15.2. The van der Waals surface area contributed by atoms with E-state index in [0.29, 0.717) is 0 Å². The van der Waals surface area contributed by atoms with Crippen molar-refractivity contribution in [1.82, 2.24) is 10.6 Å². The van der Waals surface area contributed by atoms with Crippen LogP contribution in [0.1, 0.15) is 30.9 Å². The van der Waals surface area contributed by atoms with Crippen molar-refractivity contribution in [1.29, 1.82) is 0 Å². The highest BCUT2D eigenvalue weighted by Gasteiger charge is 2.31. The van der Waals surface area contributed by atoms with Crippen LogP contribution >= 0.6 is 0 Å². The second kappa shape index (κ2) is 9.18. The zero-order valence-corrected chi connectivity index (χ0v) is 17.4. The van der Waals surface area contributed by atoms with Crippen molar-refractivity contribution >= 4 is 18.0 Å². The lowest BCUT2D eigenvalue weighted by Crippen LogP contribution is -2.48. The third kappa shape index (κ3) is 5.03. The highest BCUT2D eigenvalue weighted by Crippen LogP contribution is 2.44. The van der Waals surface area contributed by atoms with Crippen molar-refractivity contribution in [3.8, 4) is 11.1 Å². The van der Waals surface area contributed by atoms with Gasteiger partial charge in [-0.3, -0.25) is 4.79 Å². The molecule has 8 nitrogen and oxygen atoms in total. The standard InChI is InChI=1S/C23H26N2O6/c1-14(20(26)25-13-23(2,30)21(27)28)11-24-22(29)31-12-19-17-9-5-3-7-15(17)16-8-4-6-10-18(16)19/h3-10,14,19,30H,11-13H2,1-2H3,(H,24,29)(H,25,26)(H,27,28). The zero-order chi connectivity index (χ0) is 22.6. The van der Waals surface area contributed by atoms with Crippen LogP contribution in [0.3, 0.4) is 0 Å². The number of aliphatic hydroxyl groups is 1. The van der Waals surface area contributed by atoms with Crippen molar-refractivity contribution in [3.63, 3.8) is 0 Å². The molecule has 1 aliphatic rings. The van der Waals surface area contributed by atoms with Crippen LogP contribution < -0.4 is 10.6 Å². The molecule has 1 aliphatic carbocycles. The third-order valence-electron chi connectivity index (χ3n) is 5.41. The van der Waals surface area contributed by atoms with Crippen molar-refractivity contribution in [3.05, 3.63) is 59.7 Å². The van der Waals surface area contributed by atoms with Gasteiger partial charge in [0.2, 0.25) is 5.91 Å². The molecular formula is C23H26N2O6. The molecular weight excluding hydrogens is 400 g/mol. The van der Waals surface area contributed by atoms with E-state index in [9.17, 15) is 19.5 Å². The van der Waals surface area contributed by atoms with Crippen LogP contribution in [-0.4, -0.2) is 53.5 Å². The maximum atomic E-state index is 12.2. The second-order valence-electron chi connectivity index (χ2n) is 7.90. The SMILES string of the molecule is CC(CNC(=O)OCC1c2ccccc2-c2ccccc21)C(=O)NCC(C)(O)C(=O)O. The number of amides is 2. The molecule has 4 N–H and O–H groups in total. The van der Waals surface area contributed by atoms with Gasteiger partial charge in [-0.15, -0.1) is 0 Å². The molecule has 0 aliphatic heterocycles. The summed E-state index contributed by atoms with van der Waals surface area (Å²) < 4.78 is 5.42. The number of carboxylic acids is 1. The average molecular weight is 426 g/mol. The Labute approximate surface area is 180 Å². The Hall–Kier alpha value is -3.39. The van der Waals surface area contributed by atoms with Gasteiger partial charge in [-0.25, -0.2) is 9.59 Å². The van der Waals surface area contributed by atoms with Crippen molar-refractivity contribution in [2.75, 3.05) is 19.7 Å². The monoisotopic (exact) mass is 426 g/mol. The number of carbonyl (C=O) groups is 3. The minimum Gasteiger partial charge on any atom is -0.479 e. The Kier molecular flexibility index (Phi) is 6.60. The fraction of sp³-hybridized carbons (Fsp3) is 0.348. The molecule has 2 amide bonds. The van der Waals surface area contributed by atoms with E-state index >= 15 is 0 Å². The molecule has 0 aromatic heterocycles. The minimum atomic E-state index is -2.06. The van der Waals surface area contributed by atoms with E-state index in [1.54, 1.807) is 6.92 Å². The Morgan fingerprint density at radius 2 is 1.58 bits per heavy atom. The van der Waals surface area contributed by atoms with E-state index in [-0.39, 0.29) is 19.1 Å². The van der Waals surface area contributed by atoms with Gasteiger partial charge in [-0.2, -0.15) is 0 Å². The van der Waals surface area contributed by atoms with Crippen molar-refractivity contribution in [2.45, 2.75) is 25.4 Å². The second-order valence-corrected chi connectivity index (χ2v) is 7.90. The first kappa shape index (κ1) is 22.3. The van der Waals surface area contributed by atoms with Gasteiger partial charge >= 0.3 is 12.1 Å². The summed E-state index contributed by atoms with van der Waals surface area (Å²) in [5.74, 6) is -2.61. The fourth-order valence-electron chi connectivity index (χ4n) is 3.49. The molecule has 3 rings (SSSR count). The highest BCUT2D eigenvalue weighted by molar-refractivity contribution is 5.82. The minimum absolute atomic E-state index is 0.0116. The molecule has 2 aromatic carbocycles. The van der Waals surface area contributed by atoms with Gasteiger partial charge < -0.3 is 25.6 Å². The fourth-order valence-corrected chi connectivity index (χ4v) is 3.49. The molecule has 31 heavy (non-hydrogen) atoms. The first-order valence-electron chi connectivity index (χ1n) is 10.0. The van der Waals surface area contributed by atoms with Crippen LogP contribution in [0.5, 0.6) is 0 Å². The summed E-state index contributed by atoms with van der Waals surface area (Å²) in [6, 6.07) is 16.0. The number of carboxylic acid groups (broad SMARTS) is 1. The van der Waals surface area contributed by atoms with Gasteiger partial charge in [0.25, 0.3) is 0 Å². The Balaban J connectivity index is 1.50. The summed E-state index contributed by atoms with van der Waals surface area (Å²) in [7, 11) is 0. The van der Waals surface area contributed by atoms with Gasteiger partial charge in [-0.1, -0.05) is 55.5 Å². The van der Waals surface area contributed by atoms with Gasteiger partial charge in [0.05, 0.1) is 12.5 Å². The molecule has 164 valence electrons. The molecule has 0 saturated carbocycles. The number of benzene rings is 2. The van der Waals surface area contributed by atoms with Crippen LogP contribution in [0.25, 0.3) is 11.1 Å². The van der Waals surface area contributed by atoms with E-state index in [4.69, 9.17) is 9.84 Å². The topological polar surface area (TPSA) is 125 Å². The van der Waals surface area contributed by atoms with E-state index in [1.165, 1.54) is 0 Å². The number of carbonyl (C=O) groups excluding carboxylic acids is 2. The van der Waals surface area contributed by atoms with Crippen LogP contribution in [0.15, 0.2) is 48.5 Å². The number of aliphatic carboxylic acids is 1. The smallest absolute Gasteiger partial charge is 0.407 e.